The summed E-state index contributed by atoms with van der Waals surface area (Å²) in [5, 5.41) is 14.3. The lowest BCUT2D eigenvalue weighted by atomic mass is 10.1. The van der Waals surface area contributed by atoms with E-state index in [9.17, 15) is 9.59 Å². The number of fused-ring (bicyclic) bond motifs is 1. The summed E-state index contributed by atoms with van der Waals surface area (Å²) >= 11 is 6.14. The zero-order chi connectivity index (χ0) is 20.2. The highest BCUT2D eigenvalue weighted by molar-refractivity contribution is 6.36. The Morgan fingerprint density at radius 3 is 2.63 bits per heavy atom. The number of benzene rings is 1. The van der Waals surface area contributed by atoms with Crippen LogP contribution < -0.4 is 16.4 Å². The lowest BCUT2D eigenvalue weighted by Crippen LogP contribution is -2.29. The third-order valence-corrected chi connectivity index (χ3v) is 3.69. The van der Waals surface area contributed by atoms with E-state index in [-0.39, 0.29) is 30.8 Å². The number of halogens is 1. The standard InChI is InChI=1S/C18H22ClN5O3/c1-18(2,3)27-14(25)6-7-22-16(26)10-4-5-11-12(8-10)15(24-17(20)21)23-9-13(11)19/h4-5,8-9H,6-7H2,1-3H3,(H,22,26)(H4,20,21,23,24). The second-order valence-corrected chi connectivity index (χ2v) is 7.25. The van der Waals surface area contributed by atoms with Gasteiger partial charge < -0.3 is 21.1 Å². The van der Waals surface area contributed by atoms with E-state index in [0.29, 0.717) is 27.2 Å². The van der Waals surface area contributed by atoms with Crippen LogP contribution in [-0.4, -0.2) is 35.0 Å². The highest BCUT2D eigenvalue weighted by Gasteiger charge is 2.16. The summed E-state index contributed by atoms with van der Waals surface area (Å²) in [5.41, 5.74) is 5.16. The zero-order valence-corrected chi connectivity index (χ0v) is 16.1. The van der Waals surface area contributed by atoms with Gasteiger partial charge in [0, 0.05) is 29.1 Å². The number of anilines is 1. The van der Waals surface area contributed by atoms with E-state index in [2.05, 4.69) is 15.6 Å². The first-order chi connectivity index (χ1) is 12.6. The smallest absolute Gasteiger partial charge is 0.308 e. The average Bonchev–Trinajstić information content (AvgIpc) is 2.55. The number of carbonyl (C=O) groups is 2. The quantitative estimate of drug-likeness (QED) is 0.352. The van der Waals surface area contributed by atoms with Crippen LogP contribution in [0.5, 0.6) is 0 Å². The number of esters is 1. The normalized spacial score (nSPS) is 11.1. The van der Waals surface area contributed by atoms with Crippen LogP contribution in [0.2, 0.25) is 5.02 Å². The van der Waals surface area contributed by atoms with E-state index < -0.39 is 5.60 Å². The molecule has 5 N–H and O–H groups in total. The van der Waals surface area contributed by atoms with Crippen molar-refractivity contribution in [1.82, 2.24) is 10.3 Å². The van der Waals surface area contributed by atoms with Crippen molar-refractivity contribution in [1.29, 1.82) is 5.41 Å². The van der Waals surface area contributed by atoms with Crippen LogP contribution in [0.25, 0.3) is 10.8 Å². The Bertz CT molecular complexity index is 892. The summed E-state index contributed by atoms with van der Waals surface area (Å²) in [6.45, 7) is 5.50. The van der Waals surface area contributed by atoms with Gasteiger partial charge in [0.15, 0.2) is 5.96 Å². The Labute approximate surface area is 161 Å². The van der Waals surface area contributed by atoms with E-state index in [1.807, 2.05) is 0 Å². The number of nitrogens with zero attached hydrogens (tertiary/aromatic N) is 1. The number of amides is 1. The van der Waals surface area contributed by atoms with Gasteiger partial charge in [0.1, 0.15) is 11.4 Å². The van der Waals surface area contributed by atoms with E-state index >= 15 is 0 Å². The molecular weight excluding hydrogens is 370 g/mol. The molecule has 0 saturated heterocycles. The SMILES string of the molecule is CC(C)(C)OC(=O)CCNC(=O)c1ccc2c(Cl)cnc(NC(=N)N)c2c1. The lowest BCUT2D eigenvalue weighted by Gasteiger charge is -2.19. The minimum Gasteiger partial charge on any atom is -0.460 e. The van der Waals surface area contributed by atoms with Crippen LogP contribution in [0, 0.1) is 5.41 Å². The number of rotatable bonds is 5. The van der Waals surface area contributed by atoms with E-state index in [0.717, 1.165) is 0 Å². The van der Waals surface area contributed by atoms with Gasteiger partial charge in [-0.15, -0.1) is 0 Å². The molecule has 0 aliphatic carbocycles. The number of pyridine rings is 1. The molecule has 2 aromatic rings. The lowest BCUT2D eigenvalue weighted by molar-refractivity contribution is -0.154. The van der Waals surface area contributed by atoms with E-state index in [1.54, 1.807) is 39.0 Å². The monoisotopic (exact) mass is 391 g/mol. The molecule has 0 aliphatic rings. The Hall–Kier alpha value is -2.87. The molecule has 9 heteroatoms. The van der Waals surface area contributed by atoms with Gasteiger partial charge in [0.05, 0.1) is 11.4 Å². The van der Waals surface area contributed by atoms with Crippen molar-refractivity contribution >= 4 is 46.0 Å². The van der Waals surface area contributed by atoms with Gasteiger partial charge >= 0.3 is 5.97 Å². The summed E-state index contributed by atoms with van der Waals surface area (Å²) in [4.78, 5) is 28.2. The molecule has 8 nitrogen and oxygen atoms in total. The van der Waals surface area contributed by atoms with Gasteiger partial charge in [-0.1, -0.05) is 17.7 Å². The molecule has 0 unspecified atom stereocenters. The van der Waals surface area contributed by atoms with Crippen LogP contribution in [0.1, 0.15) is 37.6 Å². The number of hydrogen-bond donors (Lipinski definition) is 4. The largest absolute Gasteiger partial charge is 0.460 e. The van der Waals surface area contributed by atoms with Gasteiger partial charge in [-0.3, -0.25) is 15.0 Å². The fourth-order valence-electron chi connectivity index (χ4n) is 2.35. The maximum Gasteiger partial charge on any atom is 0.308 e. The Balaban J connectivity index is 2.12. The summed E-state index contributed by atoms with van der Waals surface area (Å²) < 4.78 is 5.20. The second-order valence-electron chi connectivity index (χ2n) is 6.85. The third kappa shape index (κ3) is 5.82. The molecular formula is C18H22ClN5O3. The topological polar surface area (TPSA) is 130 Å². The van der Waals surface area contributed by atoms with Gasteiger partial charge in [-0.2, -0.15) is 0 Å². The minimum atomic E-state index is -0.564. The van der Waals surface area contributed by atoms with Crippen molar-refractivity contribution in [3.8, 4) is 0 Å². The van der Waals surface area contributed by atoms with E-state index in [1.165, 1.54) is 6.20 Å². The summed E-state index contributed by atoms with van der Waals surface area (Å²) in [7, 11) is 0. The summed E-state index contributed by atoms with van der Waals surface area (Å²) in [6.07, 6.45) is 1.51. The summed E-state index contributed by atoms with van der Waals surface area (Å²) in [6, 6.07) is 4.91. The molecule has 1 aromatic heterocycles. The highest BCUT2D eigenvalue weighted by Crippen LogP contribution is 2.28. The molecule has 0 bridgehead atoms. The molecule has 27 heavy (non-hydrogen) atoms. The zero-order valence-electron chi connectivity index (χ0n) is 15.4. The fourth-order valence-corrected chi connectivity index (χ4v) is 2.56. The third-order valence-electron chi connectivity index (χ3n) is 3.39. The van der Waals surface area contributed by atoms with Crippen molar-refractivity contribution in [3.63, 3.8) is 0 Å². The molecule has 0 atom stereocenters. The molecule has 144 valence electrons. The Morgan fingerprint density at radius 1 is 1.30 bits per heavy atom. The van der Waals surface area contributed by atoms with Gasteiger partial charge in [-0.05, 0) is 32.9 Å². The fraction of sp³-hybridized carbons (Fsp3) is 0.333. The van der Waals surface area contributed by atoms with Gasteiger partial charge in [-0.25, -0.2) is 4.98 Å². The maximum atomic E-state index is 12.4. The number of nitrogens with one attached hydrogen (secondary N) is 3. The van der Waals surface area contributed by atoms with Gasteiger partial charge in [0.25, 0.3) is 5.91 Å². The van der Waals surface area contributed by atoms with Crippen LogP contribution in [0.15, 0.2) is 24.4 Å². The summed E-state index contributed by atoms with van der Waals surface area (Å²) in [5.74, 6) is -0.692. The number of aromatic nitrogens is 1. The number of hydrogen-bond acceptors (Lipinski definition) is 5. The van der Waals surface area contributed by atoms with Crippen LogP contribution >= 0.6 is 11.6 Å². The molecule has 0 saturated carbocycles. The first kappa shape index (κ1) is 20.4. The number of guanidine groups is 1. The molecule has 0 fully saturated rings. The van der Waals surface area contributed by atoms with E-state index in [4.69, 9.17) is 27.5 Å². The molecule has 1 amide bonds. The molecule has 0 radical (unpaired) electrons. The maximum absolute atomic E-state index is 12.4. The molecule has 0 aliphatic heterocycles. The molecule has 1 aromatic carbocycles. The van der Waals surface area contributed by atoms with Crippen molar-refractivity contribution in [2.24, 2.45) is 5.73 Å². The Kier molecular flexibility index (Phi) is 6.22. The highest BCUT2D eigenvalue weighted by atomic mass is 35.5. The predicted molar refractivity (Wildman–Crippen MR) is 105 cm³/mol. The molecule has 2 rings (SSSR count). The van der Waals surface area contributed by atoms with Crippen molar-refractivity contribution in [2.75, 3.05) is 11.9 Å². The van der Waals surface area contributed by atoms with Crippen LogP contribution in [0.3, 0.4) is 0 Å². The van der Waals surface area contributed by atoms with Gasteiger partial charge in [0.2, 0.25) is 0 Å². The molecule has 1 heterocycles. The van der Waals surface area contributed by atoms with Crippen LogP contribution in [0.4, 0.5) is 5.82 Å². The predicted octanol–water partition coefficient (Wildman–Crippen LogP) is 2.66. The Morgan fingerprint density at radius 2 is 2.00 bits per heavy atom. The number of carbonyl (C=O) groups excluding carboxylic acids is 2. The van der Waals surface area contributed by atoms with Crippen molar-refractivity contribution in [2.45, 2.75) is 32.8 Å². The van der Waals surface area contributed by atoms with Crippen LogP contribution in [-0.2, 0) is 9.53 Å². The van der Waals surface area contributed by atoms with Crippen molar-refractivity contribution in [3.05, 3.63) is 35.0 Å². The average molecular weight is 392 g/mol. The minimum absolute atomic E-state index is 0.0706. The second kappa shape index (κ2) is 8.22. The number of nitrogens with two attached hydrogens (primary N) is 1. The first-order valence-corrected chi connectivity index (χ1v) is 8.64. The molecule has 0 spiro atoms. The first-order valence-electron chi connectivity index (χ1n) is 8.26. The van der Waals surface area contributed by atoms with Crippen molar-refractivity contribution < 1.29 is 14.3 Å². The number of ether oxygens (including phenoxy) is 1.